The summed E-state index contributed by atoms with van der Waals surface area (Å²) in [5.74, 6) is -0.0258. The van der Waals surface area contributed by atoms with Crippen molar-refractivity contribution in [3.63, 3.8) is 0 Å². The van der Waals surface area contributed by atoms with Crippen LogP contribution in [0.25, 0.3) is 0 Å². The number of aromatic nitrogens is 2. The van der Waals surface area contributed by atoms with Crippen molar-refractivity contribution < 1.29 is 9.53 Å². The summed E-state index contributed by atoms with van der Waals surface area (Å²) >= 11 is 0. The van der Waals surface area contributed by atoms with Crippen LogP contribution in [0.1, 0.15) is 5.56 Å². The van der Waals surface area contributed by atoms with Gasteiger partial charge in [-0.2, -0.15) is 0 Å². The predicted octanol–water partition coefficient (Wildman–Crippen LogP) is 2.93. The Morgan fingerprint density at radius 2 is 1.72 bits per heavy atom. The minimum Gasteiger partial charge on any atom is -0.391 e. The van der Waals surface area contributed by atoms with Gasteiger partial charge in [0.05, 0.1) is 12.6 Å². The first-order valence-corrected chi connectivity index (χ1v) is 7.74. The monoisotopic (exact) mass is 335 g/mol. The van der Waals surface area contributed by atoms with E-state index in [0.29, 0.717) is 12.2 Å². The number of amides is 1. The van der Waals surface area contributed by atoms with Gasteiger partial charge in [0.25, 0.3) is 5.56 Å². The van der Waals surface area contributed by atoms with E-state index >= 15 is 0 Å². The van der Waals surface area contributed by atoms with E-state index in [1.165, 1.54) is 21.9 Å². The van der Waals surface area contributed by atoms with Crippen molar-refractivity contribution >= 4 is 11.8 Å². The molecule has 1 amide bonds. The van der Waals surface area contributed by atoms with Gasteiger partial charge in [0.15, 0.2) is 0 Å². The molecule has 3 aromatic rings. The van der Waals surface area contributed by atoms with Crippen LogP contribution in [-0.2, 0) is 6.54 Å². The molecule has 0 fully saturated rings. The first-order chi connectivity index (χ1) is 12.1. The van der Waals surface area contributed by atoms with Crippen molar-refractivity contribution in [2.75, 3.05) is 11.9 Å². The molecule has 6 nitrogen and oxygen atoms in total. The van der Waals surface area contributed by atoms with E-state index < -0.39 is 6.09 Å². The quantitative estimate of drug-likeness (QED) is 0.735. The summed E-state index contributed by atoms with van der Waals surface area (Å²) in [7, 11) is 1.59. The van der Waals surface area contributed by atoms with Gasteiger partial charge in [-0.05, 0) is 17.7 Å². The summed E-state index contributed by atoms with van der Waals surface area (Å²) in [5.41, 5.74) is 1.38. The van der Waals surface area contributed by atoms with Gasteiger partial charge >= 0.3 is 6.09 Å². The molecule has 0 spiro atoms. The number of benzene rings is 2. The number of para-hydroxylation sites is 1. The highest BCUT2D eigenvalue weighted by Crippen LogP contribution is 2.13. The molecule has 0 saturated heterocycles. The van der Waals surface area contributed by atoms with E-state index in [2.05, 4.69) is 4.98 Å². The number of nitrogens with zero attached hydrogens (tertiary/aromatic N) is 3. The van der Waals surface area contributed by atoms with Crippen LogP contribution in [0.4, 0.5) is 10.5 Å². The molecule has 3 rings (SSSR count). The molecular weight excluding hydrogens is 318 g/mol. The number of carbonyl (C=O) groups excluding carboxylic acids is 1. The average molecular weight is 335 g/mol. The minimum atomic E-state index is -0.612. The second-order valence-electron chi connectivity index (χ2n) is 5.44. The molecular formula is C19H17N3O3. The van der Waals surface area contributed by atoms with Crippen molar-refractivity contribution in [2.24, 2.45) is 0 Å². The lowest BCUT2D eigenvalue weighted by Gasteiger charge is -2.16. The van der Waals surface area contributed by atoms with Crippen molar-refractivity contribution in [1.29, 1.82) is 0 Å². The maximum Gasteiger partial charge on any atom is 0.420 e. The van der Waals surface area contributed by atoms with Crippen LogP contribution < -0.4 is 15.2 Å². The van der Waals surface area contributed by atoms with Crippen LogP contribution in [0.3, 0.4) is 0 Å². The Labute approximate surface area is 144 Å². The van der Waals surface area contributed by atoms with Gasteiger partial charge in [-0.15, -0.1) is 0 Å². The number of rotatable bonds is 4. The van der Waals surface area contributed by atoms with Gasteiger partial charge < -0.3 is 4.74 Å². The van der Waals surface area contributed by atoms with E-state index in [0.717, 1.165) is 5.56 Å². The highest BCUT2D eigenvalue weighted by molar-refractivity contribution is 5.88. The standard InChI is InChI=1S/C19H17N3O3/c1-21(16-10-6-3-7-11-16)19(24)25-17-12-18(23)22(14-20-17)13-15-8-4-2-5-9-15/h2-12,14H,13H2,1H3. The third-order valence-electron chi connectivity index (χ3n) is 3.66. The first kappa shape index (κ1) is 16.4. The molecule has 25 heavy (non-hydrogen) atoms. The molecule has 0 aliphatic rings. The smallest absolute Gasteiger partial charge is 0.391 e. The molecule has 126 valence electrons. The van der Waals surface area contributed by atoms with Crippen LogP contribution in [0.5, 0.6) is 5.88 Å². The van der Waals surface area contributed by atoms with Crippen LogP contribution in [-0.4, -0.2) is 22.7 Å². The Balaban J connectivity index is 1.70. The SMILES string of the molecule is CN(C(=O)Oc1cc(=O)n(Cc2ccccc2)cn1)c1ccccc1. The third kappa shape index (κ3) is 4.11. The van der Waals surface area contributed by atoms with E-state index in [1.54, 1.807) is 19.2 Å². The van der Waals surface area contributed by atoms with Crippen molar-refractivity contribution in [3.8, 4) is 5.88 Å². The Morgan fingerprint density at radius 3 is 2.36 bits per heavy atom. The number of carbonyl (C=O) groups is 1. The highest BCUT2D eigenvalue weighted by atomic mass is 16.6. The molecule has 0 bridgehead atoms. The lowest BCUT2D eigenvalue weighted by atomic mass is 10.2. The molecule has 2 aromatic carbocycles. The van der Waals surface area contributed by atoms with Crippen LogP contribution in [0, 0.1) is 0 Å². The maximum absolute atomic E-state index is 12.2. The van der Waals surface area contributed by atoms with Gasteiger partial charge in [-0.25, -0.2) is 9.78 Å². The maximum atomic E-state index is 12.2. The molecule has 0 unspecified atom stereocenters. The molecule has 0 saturated carbocycles. The first-order valence-electron chi connectivity index (χ1n) is 7.74. The summed E-state index contributed by atoms with van der Waals surface area (Å²) in [6.07, 6.45) is 0.763. The van der Waals surface area contributed by atoms with Crippen LogP contribution in [0.2, 0.25) is 0 Å². The highest BCUT2D eigenvalue weighted by Gasteiger charge is 2.14. The Kier molecular flexibility index (Phi) is 4.89. The largest absolute Gasteiger partial charge is 0.420 e. The molecule has 0 aliphatic carbocycles. The summed E-state index contributed by atoms with van der Waals surface area (Å²) in [6, 6.07) is 19.9. The minimum absolute atomic E-state index is 0.0258. The molecule has 0 aliphatic heterocycles. The fourth-order valence-corrected chi connectivity index (χ4v) is 2.28. The van der Waals surface area contributed by atoms with Crippen molar-refractivity contribution in [1.82, 2.24) is 9.55 Å². The summed E-state index contributed by atoms with van der Waals surface area (Å²) in [6.45, 7) is 0.408. The Bertz CT molecular complexity index is 908. The van der Waals surface area contributed by atoms with Gasteiger partial charge in [-0.3, -0.25) is 14.3 Å². The summed E-state index contributed by atoms with van der Waals surface area (Å²) in [4.78, 5) is 29.7. The summed E-state index contributed by atoms with van der Waals surface area (Å²) in [5, 5.41) is 0. The second kappa shape index (κ2) is 7.44. The van der Waals surface area contributed by atoms with Crippen LogP contribution in [0.15, 0.2) is 77.9 Å². The van der Waals surface area contributed by atoms with Gasteiger partial charge in [0, 0.05) is 12.7 Å². The number of hydrogen-bond acceptors (Lipinski definition) is 4. The topological polar surface area (TPSA) is 64.4 Å². The lowest BCUT2D eigenvalue weighted by molar-refractivity contribution is 0.207. The van der Waals surface area contributed by atoms with Gasteiger partial charge in [0.1, 0.15) is 6.33 Å². The lowest BCUT2D eigenvalue weighted by Crippen LogP contribution is -2.30. The fourth-order valence-electron chi connectivity index (χ4n) is 2.28. The molecule has 1 heterocycles. The zero-order chi connectivity index (χ0) is 17.6. The van der Waals surface area contributed by atoms with Gasteiger partial charge in [0.2, 0.25) is 5.88 Å². The van der Waals surface area contributed by atoms with E-state index in [-0.39, 0.29) is 11.4 Å². The van der Waals surface area contributed by atoms with Crippen molar-refractivity contribution in [2.45, 2.75) is 6.54 Å². The zero-order valence-corrected chi connectivity index (χ0v) is 13.7. The Morgan fingerprint density at radius 1 is 1.08 bits per heavy atom. The Hall–Kier alpha value is -3.41. The molecule has 0 N–H and O–H groups in total. The third-order valence-corrected chi connectivity index (χ3v) is 3.66. The van der Waals surface area contributed by atoms with E-state index in [4.69, 9.17) is 4.74 Å². The van der Waals surface area contributed by atoms with Gasteiger partial charge in [-0.1, -0.05) is 48.5 Å². The molecule has 1 aromatic heterocycles. The number of hydrogen-bond donors (Lipinski definition) is 0. The number of anilines is 1. The molecule has 0 radical (unpaired) electrons. The summed E-state index contributed by atoms with van der Waals surface area (Å²) < 4.78 is 6.63. The second-order valence-corrected chi connectivity index (χ2v) is 5.44. The predicted molar refractivity (Wildman–Crippen MR) is 94.9 cm³/mol. The van der Waals surface area contributed by atoms with Crippen molar-refractivity contribution in [3.05, 3.63) is 89.0 Å². The fraction of sp³-hybridized carbons (Fsp3) is 0.105. The normalized spacial score (nSPS) is 10.3. The molecule has 0 atom stereocenters. The van der Waals surface area contributed by atoms with Crippen LogP contribution >= 0.6 is 0 Å². The average Bonchev–Trinajstić information content (AvgIpc) is 2.65. The number of ether oxygens (including phenoxy) is 1. The molecule has 6 heteroatoms. The van der Waals surface area contributed by atoms with E-state index in [1.807, 2.05) is 48.5 Å². The zero-order valence-electron chi connectivity index (χ0n) is 13.7. The van der Waals surface area contributed by atoms with E-state index in [9.17, 15) is 9.59 Å².